The number of halogens is 1. The summed E-state index contributed by atoms with van der Waals surface area (Å²) < 4.78 is 13.1. The maximum atomic E-state index is 13.1. The first-order chi connectivity index (χ1) is 11.1. The molecule has 2 unspecified atom stereocenters. The standard InChI is InChI=1S/C18H13FN2O2/c19-12-8-6-11(7-9-12)16-14-13(17(22)21-16)15(20-18(14)23)10-4-2-1-3-5-10/h1-9,15-16H,(H,20,23)(H,21,22). The van der Waals surface area contributed by atoms with Gasteiger partial charge in [0.15, 0.2) is 0 Å². The molecule has 0 saturated heterocycles. The van der Waals surface area contributed by atoms with Crippen molar-refractivity contribution in [2.75, 3.05) is 0 Å². The molecule has 4 nitrogen and oxygen atoms in total. The Bertz CT molecular complexity index is 826. The summed E-state index contributed by atoms with van der Waals surface area (Å²) >= 11 is 0. The van der Waals surface area contributed by atoms with E-state index in [-0.39, 0.29) is 17.6 Å². The van der Waals surface area contributed by atoms with Gasteiger partial charge in [-0.05, 0) is 23.3 Å². The first-order valence-corrected chi connectivity index (χ1v) is 7.31. The third-order valence-electron chi connectivity index (χ3n) is 4.24. The van der Waals surface area contributed by atoms with Gasteiger partial charge in [0.25, 0.3) is 11.8 Å². The lowest BCUT2D eigenvalue weighted by atomic mass is 9.95. The zero-order chi connectivity index (χ0) is 16.0. The second kappa shape index (κ2) is 5.05. The van der Waals surface area contributed by atoms with Gasteiger partial charge in [0.1, 0.15) is 5.82 Å². The lowest BCUT2D eigenvalue weighted by Gasteiger charge is -2.17. The minimum Gasteiger partial charge on any atom is -0.341 e. The molecule has 0 bridgehead atoms. The predicted molar refractivity (Wildman–Crippen MR) is 81.6 cm³/mol. The lowest BCUT2D eigenvalue weighted by Crippen LogP contribution is -2.33. The number of benzene rings is 2. The van der Waals surface area contributed by atoms with Gasteiger partial charge in [-0.3, -0.25) is 9.59 Å². The van der Waals surface area contributed by atoms with Crippen LogP contribution in [0.25, 0.3) is 0 Å². The maximum Gasteiger partial charge on any atom is 0.250 e. The first kappa shape index (κ1) is 13.7. The number of hydrogen-bond acceptors (Lipinski definition) is 2. The van der Waals surface area contributed by atoms with Crippen molar-refractivity contribution >= 4 is 11.8 Å². The van der Waals surface area contributed by atoms with Crippen LogP contribution in [-0.2, 0) is 9.59 Å². The molecule has 0 aliphatic carbocycles. The van der Waals surface area contributed by atoms with Crippen molar-refractivity contribution in [3.63, 3.8) is 0 Å². The average Bonchev–Trinajstić information content (AvgIpc) is 3.09. The fraction of sp³-hybridized carbons (Fsp3) is 0.111. The summed E-state index contributed by atoms with van der Waals surface area (Å²) in [5.41, 5.74) is 2.43. The molecule has 2 aliphatic heterocycles. The second-order valence-corrected chi connectivity index (χ2v) is 5.60. The molecule has 23 heavy (non-hydrogen) atoms. The van der Waals surface area contributed by atoms with Crippen LogP contribution in [0.3, 0.4) is 0 Å². The van der Waals surface area contributed by atoms with E-state index in [2.05, 4.69) is 10.6 Å². The van der Waals surface area contributed by atoms with Gasteiger partial charge in [-0.15, -0.1) is 0 Å². The van der Waals surface area contributed by atoms with Gasteiger partial charge in [-0.1, -0.05) is 42.5 Å². The van der Waals surface area contributed by atoms with E-state index in [1.165, 1.54) is 12.1 Å². The van der Waals surface area contributed by atoms with Crippen molar-refractivity contribution in [1.82, 2.24) is 10.6 Å². The quantitative estimate of drug-likeness (QED) is 0.893. The highest BCUT2D eigenvalue weighted by atomic mass is 19.1. The summed E-state index contributed by atoms with van der Waals surface area (Å²) in [4.78, 5) is 24.8. The Morgan fingerprint density at radius 2 is 1.17 bits per heavy atom. The van der Waals surface area contributed by atoms with E-state index in [1.807, 2.05) is 30.3 Å². The van der Waals surface area contributed by atoms with E-state index in [4.69, 9.17) is 0 Å². The van der Waals surface area contributed by atoms with Gasteiger partial charge < -0.3 is 10.6 Å². The minimum absolute atomic E-state index is 0.262. The molecule has 2 aromatic carbocycles. The van der Waals surface area contributed by atoms with Crippen LogP contribution in [0.4, 0.5) is 4.39 Å². The molecule has 5 heteroatoms. The molecular formula is C18H13FN2O2. The molecule has 0 spiro atoms. The summed E-state index contributed by atoms with van der Waals surface area (Å²) in [5, 5.41) is 5.69. The summed E-state index contributed by atoms with van der Waals surface area (Å²) in [6.45, 7) is 0. The number of nitrogens with one attached hydrogen (secondary N) is 2. The number of rotatable bonds is 2. The van der Waals surface area contributed by atoms with Gasteiger partial charge in [0, 0.05) is 0 Å². The highest BCUT2D eigenvalue weighted by Gasteiger charge is 2.45. The Morgan fingerprint density at radius 1 is 0.696 bits per heavy atom. The van der Waals surface area contributed by atoms with Crippen molar-refractivity contribution < 1.29 is 14.0 Å². The zero-order valence-corrected chi connectivity index (χ0v) is 12.0. The summed E-state index contributed by atoms with van der Waals surface area (Å²) in [6.07, 6.45) is 0. The van der Waals surface area contributed by atoms with Gasteiger partial charge >= 0.3 is 0 Å². The van der Waals surface area contributed by atoms with Crippen molar-refractivity contribution in [3.05, 3.63) is 82.7 Å². The molecule has 0 radical (unpaired) electrons. The lowest BCUT2D eigenvalue weighted by molar-refractivity contribution is -0.118. The second-order valence-electron chi connectivity index (χ2n) is 5.60. The van der Waals surface area contributed by atoms with Crippen molar-refractivity contribution in [3.8, 4) is 0 Å². The van der Waals surface area contributed by atoms with Crippen LogP contribution in [0, 0.1) is 5.82 Å². The van der Waals surface area contributed by atoms with Crippen molar-refractivity contribution in [1.29, 1.82) is 0 Å². The maximum absolute atomic E-state index is 13.1. The molecule has 0 fully saturated rings. The average molecular weight is 308 g/mol. The van der Waals surface area contributed by atoms with Crippen LogP contribution in [0.5, 0.6) is 0 Å². The molecule has 0 aromatic heterocycles. The molecule has 2 atom stereocenters. The number of carbonyl (C=O) groups excluding carboxylic acids is 2. The van der Waals surface area contributed by atoms with Crippen LogP contribution < -0.4 is 10.6 Å². The molecule has 2 N–H and O–H groups in total. The SMILES string of the molecule is O=C1NC(c2ccc(F)cc2)C2=C1C(c1ccccc1)NC2=O. The predicted octanol–water partition coefficient (Wildman–Crippen LogP) is 2.16. The Labute approximate surface area is 132 Å². The summed E-state index contributed by atoms with van der Waals surface area (Å²) in [6, 6.07) is 14.2. The van der Waals surface area contributed by atoms with E-state index in [0.29, 0.717) is 16.7 Å². The monoisotopic (exact) mass is 308 g/mol. The highest BCUT2D eigenvalue weighted by molar-refractivity contribution is 6.13. The molecule has 114 valence electrons. The van der Waals surface area contributed by atoms with Crippen LogP contribution >= 0.6 is 0 Å². The topological polar surface area (TPSA) is 58.2 Å². The van der Waals surface area contributed by atoms with Crippen LogP contribution in [0.1, 0.15) is 23.2 Å². The third-order valence-corrected chi connectivity index (χ3v) is 4.24. The van der Waals surface area contributed by atoms with Crippen LogP contribution in [-0.4, -0.2) is 11.8 Å². The smallest absolute Gasteiger partial charge is 0.250 e. The van der Waals surface area contributed by atoms with E-state index >= 15 is 0 Å². The van der Waals surface area contributed by atoms with Gasteiger partial charge in [-0.25, -0.2) is 4.39 Å². The Morgan fingerprint density at radius 3 is 1.70 bits per heavy atom. The van der Waals surface area contributed by atoms with E-state index in [0.717, 1.165) is 5.56 Å². The fourth-order valence-corrected chi connectivity index (χ4v) is 3.18. The molecule has 2 aromatic rings. The minimum atomic E-state index is -0.535. The Balaban J connectivity index is 1.78. The van der Waals surface area contributed by atoms with Gasteiger partial charge in [0.2, 0.25) is 0 Å². The normalized spacial score (nSPS) is 22.8. The number of hydrogen-bond donors (Lipinski definition) is 2. The van der Waals surface area contributed by atoms with E-state index < -0.39 is 12.1 Å². The summed E-state index contributed by atoms with van der Waals surface area (Å²) in [5.74, 6) is -0.881. The Hall–Kier alpha value is -2.95. The summed E-state index contributed by atoms with van der Waals surface area (Å²) in [7, 11) is 0. The fourth-order valence-electron chi connectivity index (χ4n) is 3.18. The number of amides is 2. The third kappa shape index (κ3) is 2.12. The first-order valence-electron chi connectivity index (χ1n) is 7.31. The zero-order valence-electron chi connectivity index (χ0n) is 12.0. The van der Waals surface area contributed by atoms with E-state index in [9.17, 15) is 14.0 Å². The highest BCUT2D eigenvalue weighted by Crippen LogP contribution is 2.40. The largest absolute Gasteiger partial charge is 0.341 e. The molecule has 4 rings (SSSR count). The van der Waals surface area contributed by atoms with Crippen LogP contribution in [0.2, 0.25) is 0 Å². The van der Waals surface area contributed by atoms with Crippen molar-refractivity contribution in [2.24, 2.45) is 0 Å². The molecule has 0 saturated carbocycles. The molecule has 2 heterocycles. The van der Waals surface area contributed by atoms with Gasteiger partial charge in [0.05, 0.1) is 23.2 Å². The Kier molecular flexibility index (Phi) is 3.01. The van der Waals surface area contributed by atoms with Crippen LogP contribution in [0.15, 0.2) is 65.7 Å². The van der Waals surface area contributed by atoms with Crippen molar-refractivity contribution in [2.45, 2.75) is 12.1 Å². The molecular weight excluding hydrogens is 295 g/mol. The molecule has 2 aliphatic rings. The molecule has 2 amide bonds. The van der Waals surface area contributed by atoms with Gasteiger partial charge in [-0.2, -0.15) is 0 Å². The van der Waals surface area contributed by atoms with E-state index in [1.54, 1.807) is 12.1 Å². The number of carbonyl (C=O) groups is 2.